The Morgan fingerprint density at radius 3 is 1.55 bits per heavy atom. The maximum Gasteiger partial charge on any atom is 0.409 e. The van der Waals surface area contributed by atoms with E-state index in [1.165, 1.54) is 67.6 Å². The van der Waals surface area contributed by atoms with Gasteiger partial charge in [-0.1, -0.05) is 122 Å². The number of amides is 8. The molecule has 0 aromatic heterocycles. The second kappa shape index (κ2) is 51.1. The molecule has 3 fully saturated rings. The number of Topliss-reactive ketones (excluding diaryl/α,β-unsaturated/α-hetero) is 5. The zero-order valence-electron chi connectivity index (χ0n) is 71.5. The molecule has 0 unspecified atom stereocenters. The van der Waals surface area contributed by atoms with Crippen LogP contribution in [0, 0.1) is 65.1 Å². The first-order chi connectivity index (χ1) is 51.6. The average Bonchev–Trinajstić information content (AvgIpc) is 0.821. The predicted molar refractivity (Wildman–Crippen MR) is 425 cm³/mol. The van der Waals surface area contributed by atoms with Crippen LogP contribution >= 0.6 is 0 Å². The molecule has 0 aromatic carbocycles. The van der Waals surface area contributed by atoms with Gasteiger partial charge in [-0.25, -0.2) is 9.59 Å². The first kappa shape index (κ1) is 99.4. The summed E-state index contributed by atoms with van der Waals surface area (Å²) in [4.78, 5) is 193. The molecule has 8 amide bonds. The Kier molecular flexibility index (Phi) is 46.2. The van der Waals surface area contributed by atoms with Crippen LogP contribution < -0.4 is 10.6 Å². The van der Waals surface area contributed by atoms with Gasteiger partial charge in [0.15, 0.2) is 28.9 Å². The number of piperidine rings is 1. The van der Waals surface area contributed by atoms with E-state index in [1.54, 1.807) is 66.4 Å². The molecule has 0 aliphatic carbocycles. The molecule has 0 aromatic rings. The summed E-state index contributed by atoms with van der Waals surface area (Å²) in [5.41, 5.74) is 0. The lowest BCUT2D eigenvalue weighted by molar-refractivity contribution is -0.148. The first-order valence-electron chi connectivity index (χ1n) is 41.3. The van der Waals surface area contributed by atoms with Crippen molar-refractivity contribution < 1.29 is 86.4 Å². The first-order valence-corrected chi connectivity index (χ1v) is 41.3. The van der Waals surface area contributed by atoms with E-state index in [2.05, 4.69) is 24.5 Å². The van der Waals surface area contributed by atoms with Crippen LogP contribution in [-0.2, 0) is 71.7 Å². The fourth-order valence-electron chi connectivity index (χ4n) is 14.7. The number of likely N-dealkylation sites (N-methyl/N-ethyl adjacent to an activating group) is 4. The second-order valence-electron chi connectivity index (χ2n) is 33.6. The van der Waals surface area contributed by atoms with Gasteiger partial charge in [0.05, 0.1) is 68.7 Å². The number of ether oxygens (including phenoxy) is 4. The van der Waals surface area contributed by atoms with Crippen molar-refractivity contribution in [3.8, 4) is 0 Å². The van der Waals surface area contributed by atoms with Crippen molar-refractivity contribution in [3.63, 3.8) is 0 Å². The highest BCUT2D eigenvalue weighted by atomic mass is 16.6. The molecule has 0 spiro atoms. The minimum Gasteiger partial charge on any atom is -0.449 e. The van der Waals surface area contributed by atoms with Crippen molar-refractivity contribution in [1.29, 1.82) is 0 Å². The van der Waals surface area contributed by atoms with Crippen molar-refractivity contribution in [2.24, 2.45) is 65.1 Å². The van der Waals surface area contributed by atoms with Gasteiger partial charge in [-0.05, 0) is 139 Å². The van der Waals surface area contributed by atoms with Crippen LogP contribution in [0.4, 0.5) is 9.59 Å². The molecule has 3 rings (SSSR count). The predicted octanol–water partition coefficient (Wildman–Crippen LogP) is 10.9. The largest absolute Gasteiger partial charge is 0.449 e. The maximum atomic E-state index is 15.0. The van der Waals surface area contributed by atoms with Gasteiger partial charge in [0.1, 0.15) is 12.1 Å². The number of nitrogens with one attached hydrogen (secondary N) is 2. The van der Waals surface area contributed by atoms with E-state index < -0.39 is 173 Å². The number of aliphatic hydroxyl groups is 1. The quantitative estimate of drug-likeness (QED) is 0.0565. The number of hydrogen-bond acceptors (Lipinski definition) is 18. The third-order valence-electron chi connectivity index (χ3n) is 21.5. The average molecular weight is 1560 g/mol. The number of morpholine rings is 1. The molecule has 26 heteroatoms. The number of allylic oxidation sites excluding steroid dienone is 2. The number of rotatable bonds is 25. The number of carbonyl (C=O) groups excluding carboxylic acids is 13. The van der Waals surface area contributed by atoms with Crippen LogP contribution in [-0.4, -0.2) is 247 Å². The second-order valence-corrected chi connectivity index (χ2v) is 33.6. The van der Waals surface area contributed by atoms with Crippen LogP contribution in [0.15, 0.2) is 12.2 Å². The SMILES string of the molecule is C/C=C/C[C@@H](C)[C@@H](O)[C@@H]1CC(=O)[C@H](C(C)C)N(C)C(=O)[C@H](CC(C)C)CC(=O)[C@H](CC(C)C)N(C)C(=O)[C@@H](C)NC(=O)[C@H](C)CC(=O)[C@H](CC(C)C)N(C)C(=O)[C@H](C(C)C)CC(=O)[C@H]([C@@H](C)OCCCCOC(=O)N2CCOCC2)N(C)C(=O)CCC(=O)[C@H](CC)NC1=O.CC(C)CCCCOC(=O)N1CCCCC1. The lowest BCUT2D eigenvalue weighted by Gasteiger charge is -2.36. The lowest BCUT2D eigenvalue weighted by Crippen LogP contribution is -2.53. The van der Waals surface area contributed by atoms with Gasteiger partial charge >= 0.3 is 12.2 Å². The standard InChI is InChI=1S/C71H121N7O16.C13H25NO2/c1-21-23-26-47(13)65(85)53-41-60(82)63(46(11)12)77(20)69(89)51(35-42(3)4)39-59(81)56(37-44(7)8)74(17)68(88)49(15)72-66(86)48(14)38-58(80)55(36-43(5)6)75(18)70(90)52(45(9)10)40-61(83)64(76(19)62(84)28-27-57(79)54(22-2)73-67(53)87)50(16)93-31-24-25-32-94-71(91)78-29-33-92-34-30-78;1-12(2)8-4-7-11-16-13(15)14-9-5-3-6-10-14/h21,23,42-56,63-65,85H,22,24-41H2,1-20H3,(H,72,86)(H,73,87);12H,3-11H2,1-2H3/b23-21+;/t47-,48-,49-,50-,51-,52+,53+,54+,55+,56+,63+,64+,65-;/m1./s1. The maximum absolute atomic E-state index is 15.0. The van der Waals surface area contributed by atoms with Crippen LogP contribution in [0.25, 0.3) is 0 Å². The molecule has 3 saturated heterocycles. The summed E-state index contributed by atoms with van der Waals surface area (Å²) in [5.74, 6) is -11.5. The van der Waals surface area contributed by atoms with Crippen molar-refractivity contribution in [1.82, 2.24) is 40.0 Å². The fourth-order valence-corrected chi connectivity index (χ4v) is 14.7. The number of unbranched alkanes of at least 4 members (excludes halogenated alkanes) is 2. The molecular formula is C84H146N8O18. The normalized spacial score (nSPS) is 25.3. The molecule has 3 aliphatic rings. The van der Waals surface area contributed by atoms with Crippen molar-refractivity contribution in [2.45, 2.75) is 295 Å². The molecule has 110 heavy (non-hydrogen) atoms. The van der Waals surface area contributed by atoms with Gasteiger partial charge in [0.25, 0.3) is 0 Å². The Hall–Kier alpha value is -6.67. The zero-order chi connectivity index (χ0) is 83.4. The molecule has 3 heterocycles. The monoisotopic (exact) mass is 1560 g/mol. The summed E-state index contributed by atoms with van der Waals surface area (Å²) < 4.78 is 22.3. The summed E-state index contributed by atoms with van der Waals surface area (Å²) in [7, 11) is 5.86. The minimum absolute atomic E-state index is 0.0669. The van der Waals surface area contributed by atoms with Crippen LogP contribution in [0.5, 0.6) is 0 Å². The van der Waals surface area contributed by atoms with Crippen LogP contribution in [0.3, 0.4) is 0 Å². The van der Waals surface area contributed by atoms with Gasteiger partial charge in [-0.15, -0.1) is 0 Å². The summed E-state index contributed by atoms with van der Waals surface area (Å²) in [6, 6.07) is -6.82. The number of ketones is 5. The Morgan fingerprint density at radius 2 is 1.04 bits per heavy atom. The molecule has 630 valence electrons. The molecular weight excluding hydrogens is 1410 g/mol. The Balaban J connectivity index is 0.00000226. The van der Waals surface area contributed by atoms with Gasteiger partial charge in [0.2, 0.25) is 35.4 Å². The van der Waals surface area contributed by atoms with Gasteiger partial charge in [-0.2, -0.15) is 0 Å². The van der Waals surface area contributed by atoms with Gasteiger partial charge in [-0.3, -0.25) is 52.7 Å². The fraction of sp³-hybridized carbons (Fsp3) is 0.821. The van der Waals surface area contributed by atoms with E-state index >= 15 is 0 Å². The highest BCUT2D eigenvalue weighted by Crippen LogP contribution is 2.31. The molecule has 13 atom stereocenters. The van der Waals surface area contributed by atoms with E-state index in [9.17, 15) is 67.4 Å². The topological polar surface area (TPSA) is 323 Å². The molecule has 0 bridgehead atoms. The van der Waals surface area contributed by atoms with Crippen molar-refractivity contribution >= 4 is 76.5 Å². The van der Waals surface area contributed by atoms with Crippen molar-refractivity contribution in [2.75, 3.05) is 87.4 Å². The number of likely N-dealkylation sites (tertiary alicyclic amines) is 1. The Labute approximate surface area is 659 Å². The number of hydrogen-bond donors (Lipinski definition) is 3. The molecule has 3 aliphatic heterocycles. The van der Waals surface area contributed by atoms with Crippen molar-refractivity contribution in [3.05, 3.63) is 12.2 Å². The zero-order valence-corrected chi connectivity index (χ0v) is 71.5. The smallest absolute Gasteiger partial charge is 0.409 e. The number of carbonyl (C=O) groups is 13. The van der Waals surface area contributed by atoms with Gasteiger partial charge < -0.3 is 64.1 Å². The Bertz CT molecular complexity index is 2940. The third-order valence-corrected chi connectivity index (χ3v) is 21.5. The lowest BCUT2D eigenvalue weighted by atomic mass is 9.82. The molecule has 0 radical (unpaired) electrons. The number of nitrogens with zero attached hydrogens (tertiary/aromatic N) is 6. The molecule has 0 saturated carbocycles. The van der Waals surface area contributed by atoms with E-state index in [0.717, 1.165) is 44.7 Å². The summed E-state index contributed by atoms with van der Waals surface area (Å²) in [6.07, 6.45) is 7.18. The molecule has 3 N–H and O–H groups in total. The third kappa shape index (κ3) is 34.0. The highest BCUT2D eigenvalue weighted by molar-refractivity contribution is 5.99. The van der Waals surface area contributed by atoms with E-state index in [4.69, 9.17) is 18.9 Å². The number of aliphatic hydroxyl groups excluding tert-OH is 1. The summed E-state index contributed by atoms with van der Waals surface area (Å²) >= 11 is 0. The summed E-state index contributed by atoms with van der Waals surface area (Å²) in [6.45, 7) is 36.9. The van der Waals surface area contributed by atoms with E-state index in [1.807, 2.05) is 59.4 Å². The van der Waals surface area contributed by atoms with Gasteiger partial charge in [0, 0.05) is 117 Å². The van der Waals surface area contributed by atoms with Crippen LogP contribution in [0.2, 0.25) is 0 Å². The Morgan fingerprint density at radius 1 is 0.527 bits per heavy atom. The van der Waals surface area contributed by atoms with E-state index in [0.29, 0.717) is 52.2 Å². The highest BCUT2D eigenvalue weighted by Gasteiger charge is 2.44. The summed E-state index contributed by atoms with van der Waals surface area (Å²) in [5, 5.41) is 17.5. The van der Waals surface area contributed by atoms with E-state index in [-0.39, 0.29) is 88.4 Å². The minimum atomic E-state index is -1.40. The van der Waals surface area contributed by atoms with Crippen LogP contribution in [0.1, 0.15) is 247 Å². The molecule has 26 nitrogen and oxygen atoms in total.